The Balaban J connectivity index is 1.61. The molecule has 0 spiro atoms. The number of hydrogen-bond acceptors (Lipinski definition) is 5. The summed E-state index contributed by atoms with van der Waals surface area (Å²) < 4.78 is 32.6. The smallest absolute Gasteiger partial charge is 0.243 e. The number of thiazole rings is 1. The standard InChI is InChI=1S/C19H18N2O3S2/c1-21(11-16-12-25-13-20-16)26(22,23)17-7-5-14(6-8-17)18-4-2-3-15-9-10-24-19(15)18/h2-8,12-13H,9-11H2,1H3. The zero-order valence-electron chi connectivity index (χ0n) is 14.3. The molecule has 2 heterocycles. The molecule has 0 bridgehead atoms. The molecule has 0 radical (unpaired) electrons. The fourth-order valence-corrected chi connectivity index (χ4v) is 4.75. The Morgan fingerprint density at radius 3 is 2.73 bits per heavy atom. The normalized spacial score (nSPS) is 13.6. The van der Waals surface area contributed by atoms with Crippen LogP contribution in [0.15, 0.2) is 58.3 Å². The quantitative estimate of drug-likeness (QED) is 0.673. The molecule has 7 heteroatoms. The van der Waals surface area contributed by atoms with Crippen LogP contribution in [0, 0.1) is 0 Å². The molecule has 0 saturated heterocycles. The molecule has 0 amide bonds. The van der Waals surface area contributed by atoms with Gasteiger partial charge in [-0.2, -0.15) is 4.31 Å². The first-order valence-electron chi connectivity index (χ1n) is 8.24. The fourth-order valence-electron chi connectivity index (χ4n) is 3.06. The minimum Gasteiger partial charge on any atom is -0.492 e. The number of rotatable bonds is 5. The van der Waals surface area contributed by atoms with Crippen LogP contribution in [0.4, 0.5) is 0 Å². The van der Waals surface area contributed by atoms with Gasteiger partial charge in [-0.1, -0.05) is 30.3 Å². The van der Waals surface area contributed by atoms with Crippen molar-refractivity contribution in [1.82, 2.24) is 9.29 Å². The maximum atomic E-state index is 12.8. The molecule has 4 rings (SSSR count). The van der Waals surface area contributed by atoms with Crippen LogP contribution >= 0.6 is 11.3 Å². The third-order valence-electron chi connectivity index (χ3n) is 4.46. The second kappa shape index (κ2) is 6.83. The Bertz CT molecular complexity index is 1010. The Hall–Kier alpha value is -2.22. The first-order valence-corrected chi connectivity index (χ1v) is 10.6. The van der Waals surface area contributed by atoms with E-state index in [1.54, 1.807) is 24.7 Å². The number of nitrogens with zero attached hydrogens (tertiary/aromatic N) is 2. The maximum Gasteiger partial charge on any atom is 0.243 e. The highest BCUT2D eigenvalue weighted by Gasteiger charge is 2.22. The molecule has 0 unspecified atom stereocenters. The first-order chi connectivity index (χ1) is 12.6. The number of aromatic nitrogens is 1. The van der Waals surface area contributed by atoms with Crippen molar-refractivity contribution in [2.75, 3.05) is 13.7 Å². The van der Waals surface area contributed by atoms with Crippen molar-refractivity contribution in [1.29, 1.82) is 0 Å². The van der Waals surface area contributed by atoms with Crippen LogP contribution in [0.1, 0.15) is 11.3 Å². The minimum absolute atomic E-state index is 0.258. The van der Waals surface area contributed by atoms with Gasteiger partial charge >= 0.3 is 0 Å². The summed E-state index contributed by atoms with van der Waals surface area (Å²) in [6.45, 7) is 0.952. The molecule has 0 atom stereocenters. The van der Waals surface area contributed by atoms with Crippen molar-refractivity contribution in [3.63, 3.8) is 0 Å². The Morgan fingerprint density at radius 1 is 1.19 bits per heavy atom. The van der Waals surface area contributed by atoms with Crippen LogP contribution in [0.2, 0.25) is 0 Å². The molecule has 0 N–H and O–H groups in total. The molecule has 5 nitrogen and oxygen atoms in total. The van der Waals surface area contributed by atoms with Crippen LogP contribution in [0.3, 0.4) is 0 Å². The first kappa shape index (κ1) is 17.2. The van der Waals surface area contributed by atoms with E-state index in [9.17, 15) is 8.42 Å². The lowest BCUT2D eigenvalue weighted by atomic mass is 10.0. The van der Waals surface area contributed by atoms with Gasteiger partial charge in [-0.25, -0.2) is 13.4 Å². The fraction of sp³-hybridized carbons (Fsp3) is 0.211. The van der Waals surface area contributed by atoms with Gasteiger partial charge in [0.1, 0.15) is 5.75 Å². The van der Waals surface area contributed by atoms with Crippen LogP contribution in [-0.2, 0) is 23.0 Å². The highest BCUT2D eigenvalue weighted by atomic mass is 32.2. The molecule has 26 heavy (non-hydrogen) atoms. The predicted molar refractivity (Wildman–Crippen MR) is 102 cm³/mol. The zero-order valence-corrected chi connectivity index (χ0v) is 15.9. The summed E-state index contributed by atoms with van der Waals surface area (Å²) in [6, 6.07) is 13.0. The number of para-hydroxylation sites is 1. The van der Waals surface area contributed by atoms with E-state index in [0.717, 1.165) is 29.0 Å². The van der Waals surface area contributed by atoms with Crippen molar-refractivity contribution in [2.24, 2.45) is 0 Å². The van der Waals surface area contributed by atoms with Gasteiger partial charge < -0.3 is 4.74 Å². The van der Waals surface area contributed by atoms with Gasteiger partial charge in [0, 0.05) is 24.4 Å². The van der Waals surface area contributed by atoms with E-state index in [1.165, 1.54) is 21.2 Å². The van der Waals surface area contributed by atoms with Crippen molar-refractivity contribution in [2.45, 2.75) is 17.9 Å². The Labute approximate surface area is 156 Å². The topological polar surface area (TPSA) is 59.5 Å². The number of ether oxygens (including phenoxy) is 1. The van der Waals surface area contributed by atoms with Gasteiger partial charge in [0.15, 0.2) is 0 Å². The summed E-state index contributed by atoms with van der Waals surface area (Å²) >= 11 is 1.45. The van der Waals surface area contributed by atoms with E-state index < -0.39 is 10.0 Å². The average Bonchev–Trinajstić information content (AvgIpc) is 3.33. The number of hydrogen-bond donors (Lipinski definition) is 0. The Kier molecular flexibility index (Phi) is 4.52. The van der Waals surface area contributed by atoms with Crippen molar-refractivity contribution >= 4 is 21.4 Å². The lowest BCUT2D eigenvalue weighted by Crippen LogP contribution is -2.26. The summed E-state index contributed by atoms with van der Waals surface area (Å²) in [5, 5.41) is 1.85. The summed E-state index contributed by atoms with van der Waals surface area (Å²) in [5.41, 5.74) is 5.59. The largest absolute Gasteiger partial charge is 0.492 e. The van der Waals surface area contributed by atoms with Crippen molar-refractivity contribution in [3.05, 3.63) is 64.6 Å². The van der Waals surface area contributed by atoms with Crippen molar-refractivity contribution in [3.8, 4) is 16.9 Å². The lowest BCUT2D eigenvalue weighted by Gasteiger charge is -2.16. The summed E-state index contributed by atoms with van der Waals surface area (Å²) in [4.78, 5) is 4.42. The zero-order chi connectivity index (χ0) is 18.1. The maximum absolute atomic E-state index is 12.8. The van der Waals surface area contributed by atoms with Crippen LogP contribution in [-0.4, -0.2) is 31.4 Å². The summed E-state index contributed by atoms with van der Waals surface area (Å²) in [5.74, 6) is 0.906. The lowest BCUT2D eigenvalue weighted by molar-refractivity contribution is 0.358. The molecule has 1 aliphatic rings. The van der Waals surface area contributed by atoms with Gasteiger partial charge in [-0.05, 0) is 23.3 Å². The molecule has 134 valence electrons. The molecule has 0 aliphatic carbocycles. The molecular formula is C19H18N2O3S2. The number of sulfonamides is 1. The van der Waals surface area contributed by atoms with Crippen LogP contribution in [0.25, 0.3) is 11.1 Å². The van der Waals surface area contributed by atoms with E-state index in [0.29, 0.717) is 6.61 Å². The molecule has 3 aromatic rings. The van der Waals surface area contributed by atoms with Gasteiger partial charge in [0.2, 0.25) is 10.0 Å². The number of fused-ring (bicyclic) bond motifs is 1. The molecule has 0 saturated carbocycles. The Morgan fingerprint density at radius 2 is 2.00 bits per heavy atom. The predicted octanol–water partition coefficient (Wildman–Crippen LogP) is 3.57. The van der Waals surface area contributed by atoms with E-state index in [4.69, 9.17) is 4.74 Å². The average molecular weight is 386 g/mol. The molecule has 1 aromatic heterocycles. The highest BCUT2D eigenvalue weighted by Crippen LogP contribution is 2.37. The van der Waals surface area contributed by atoms with Crippen LogP contribution < -0.4 is 4.74 Å². The van der Waals surface area contributed by atoms with Gasteiger partial charge in [0.25, 0.3) is 0 Å². The van der Waals surface area contributed by atoms with E-state index in [1.807, 2.05) is 29.6 Å². The molecular weight excluding hydrogens is 368 g/mol. The van der Waals surface area contributed by atoms with Gasteiger partial charge in [0.05, 0.1) is 29.3 Å². The molecule has 0 fully saturated rings. The third kappa shape index (κ3) is 3.13. The summed E-state index contributed by atoms with van der Waals surface area (Å²) in [6.07, 6.45) is 0.914. The molecule has 2 aromatic carbocycles. The van der Waals surface area contributed by atoms with E-state index in [-0.39, 0.29) is 11.4 Å². The monoisotopic (exact) mass is 386 g/mol. The van der Waals surface area contributed by atoms with E-state index in [2.05, 4.69) is 11.1 Å². The van der Waals surface area contributed by atoms with E-state index >= 15 is 0 Å². The minimum atomic E-state index is -3.56. The van der Waals surface area contributed by atoms with Crippen LogP contribution in [0.5, 0.6) is 5.75 Å². The summed E-state index contributed by atoms with van der Waals surface area (Å²) in [7, 11) is -1.99. The third-order valence-corrected chi connectivity index (χ3v) is 6.91. The molecule has 1 aliphatic heterocycles. The number of benzene rings is 2. The second-order valence-electron chi connectivity index (χ2n) is 6.16. The SMILES string of the molecule is CN(Cc1cscn1)S(=O)(=O)c1ccc(-c2cccc3c2OCC3)cc1. The van der Waals surface area contributed by atoms with Gasteiger partial charge in [-0.3, -0.25) is 0 Å². The van der Waals surface area contributed by atoms with Crippen molar-refractivity contribution < 1.29 is 13.2 Å². The second-order valence-corrected chi connectivity index (χ2v) is 8.92. The highest BCUT2D eigenvalue weighted by molar-refractivity contribution is 7.89. The van der Waals surface area contributed by atoms with Gasteiger partial charge in [-0.15, -0.1) is 11.3 Å².